The van der Waals surface area contributed by atoms with Gasteiger partial charge in [0.15, 0.2) is 5.82 Å². The number of hydrogen-bond acceptors (Lipinski definition) is 7. The third-order valence-corrected chi connectivity index (χ3v) is 5.49. The van der Waals surface area contributed by atoms with Crippen LogP contribution in [0, 0.1) is 6.92 Å². The van der Waals surface area contributed by atoms with Gasteiger partial charge in [-0.3, -0.25) is 0 Å². The molecule has 1 atom stereocenters. The molecule has 1 heterocycles. The van der Waals surface area contributed by atoms with Gasteiger partial charge in [-0.2, -0.15) is 4.98 Å². The lowest BCUT2D eigenvalue weighted by Crippen LogP contribution is -2.24. The second kappa shape index (κ2) is 12.8. The number of methoxy groups -OCH3 is 1. The van der Waals surface area contributed by atoms with E-state index in [2.05, 4.69) is 15.4 Å². The Bertz CT molecular complexity index is 1190. The molecule has 4 rings (SSSR count). The normalized spacial score (nSPS) is 11.9. The highest BCUT2D eigenvalue weighted by molar-refractivity contribution is 5.60. The fraction of sp³-hybridized carbons (Fsp3) is 0.286. The van der Waals surface area contributed by atoms with E-state index in [-0.39, 0.29) is 6.61 Å². The summed E-state index contributed by atoms with van der Waals surface area (Å²) in [5.74, 6) is 0.689. The molecule has 0 aliphatic carbocycles. The largest absolute Gasteiger partial charge is 0.460 e. The molecule has 0 aliphatic rings. The lowest BCUT2D eigenvalue weighted by Gasteiger charge is -2.14. The number of hydrogen-bond donors (Lipinski definition) is 2. The molecule has 3 aromatic carbocycles. The van der Waals surface area contributed by atoms with E-state index in [1.807, 2.05) is 85.8 Å². The molecule has 0 spiro atoms. The molecular weight excluding hydrogens is 456 g/mol. The van der Waals surface area contributed by atoms with Crippen molar-refractivity contribution in [3.63, 3.8) is 0 Å². The van der Waals surface area contributed by atoms with Crippen LogP contribution >= 0.6 is 0 Å². The highest BCUT2D eigenvalue weighted by atomic mass is 16.5. The van der Waals surface area contributed by atoms with Crippen LogP contribution in [-0.2, 0) is 16.1 Å². The zero-order valence-corrected chi connectivity index (χ0v) is 20.6. The van der Waals surface area contributed by atoms with E-state index in [1.54, 1.807) is 11.8 Å². The third-order valence-electron chi connectivity index (χ3n) is 5.49. The summed E-state index contributed by atoms with van der Waals surface area (Å²) in [6, 6.07) is 26.1. The minimum atomic E-state index is -0.622. The first-order valence-corrected chi connectivity index (χ1v) is 11.9. The van der Waals surface area contributed by atoms with Gasteiger partial charge in [0.05, 0.1) is 31.6 Å². The SMILES string of the molecule is COCCOc1nc(-c2ccc(C)cc2)n(-c2ccc(NC[C@@H](O)COCc3ccccc3)cc2)n1. The maximum absolute atomic E-state index is 10.3. The van der Waals surface area contributed by atoms with Gasteiger partial charge >= 0.3 is 6.01 Å². The Labute approximate surface area is 211 Å². The monoisotopic (exact) mass is 488 g/mol. The Morgan fingerprint density at radius 1 is 0.944 bits per heavy atom. The average molecular weight is 489 g/mol. The van der Waals surface area contributed by atoms with Gasteiger partial charge in [0, 0.05) is 24.9 Å². The van der Waals surface area contributed by atoms with Gasteiger partial charge in [0.2, 0.25) is 0 Å². The summed E-state index contributed by atoms with van der Waals surface area (Å²) in [7, 11) is 1.62. The molecule has 8 heteroatoms. The second-order valence-electron chi connectivity index (χ2n) is 8.42. The van der Waals surface area contributed by atoms with Gasteiger partial charge in [-0.1, -0.05) is 60.2 Å². The maximum atomic E-state index is 10.3. The van der Waals surface area contributed by atoms with Crippen LogP contribution in [0.25, 0.3) is 17.1 Å². The van der Waals surface area contributed by atoms with Crippen LogP contribution in [0.4, 0.5) is 5.69 Å². The van der Waals surface area contributed by atoms with Crippen LogP contribution in [0.1, 0.15) is 11.1 Å². The molecule has 0 bridgehead atoms. The average Bonchev–Trinajstić information content (AvgIpc) is 3.33. The second-order valence-corrected chi connectivity index (χ2v) is 8.42. The van der Waals surface area contributed by atoms with Gasteiger partial charge < -0.3 is 24.6 Å². The highest BCUT2D eigenvalue weighted by Gasteiger charge is 2.15. The van der Waals surface area contributed by atoms with Crippen molar-refractivity contribution in [2.24, 2.45) is 0 Å². The molecule has 8 nitrogen and oxygen atoms in total. The van der Waals surface area contributed by atoms with Gasteiger partial charge in [0.25, 0.3) is 0 Å². The Morgan fingerprint density at radius 2 is 1.69 bits per heavy atom. The fourth-order valence-corrected chi connectivity index (χ4v) is 3.54. The standard InChI is InChI=1S/C28H32N4O4/c1-21-8-10-23(11-9-21)27-30-28(36-17-16-34-2)31-32(27)25-14-12-24(13-15-25)29-18-26(33)20-35-19-22-6-4-3-5-7-22/h3-15,26,29,33H,16-20H2,1-2H3/t26-/m1/s1. The van der Waals surface area contributed by atoms with Crippen molar-refractivity contribution in [3.05, 3.63) is 90.0 Å². The number of anilines is 1. The Morgan fingerprint density at radius 3 is 2.42 bits per heavy atom. The van der Waals surface area contributed by atoms with Crippen LogP contribution in [0.3, 0.4) is 0 Å². The van der Waals surface area contributed by atoms with Crippen LogP contribution in [0.2, 0.25) is 0 Å². The number of rotatable bonds is 13. The minimum Gasteiger partial charge on any atom is -0.460 e. The van der Waals surface area contributed by atoms with Gasteiger partial charge in [0.1, 0.15) is 6.61 Å². The summed E-state index contributed by atoms with van der Waals surface area (Å²) in [5.41, 5.74) is 4.92. The molecule has 0 saturated heterocycles. The Kier molecular flexibility index (Phi) is 9.04. The van der Waals surface area contributed by atoms with Gasteiger partial charge in [-0.15, -0.1) is 5.10 Å². The van der Waals surface area contributed by atoms with E-state index in [1.165, 1.54) is 5.56 Å². The number of ether oxygens (including phenoxy) is 3. The predicted octanol–water partition coefficient (Wildman–Crippen LogP) is 4.26. The van der Waals surface area contributed by atoms with E-state index in [0.29, 0.717) is 38.2 Å². The summed E-state index contributed by atoms with van der Waals surface area (Å²) < 4.78 is 18.1. The number of benzene rings is 3. The van der Waals surface area contributed by atoms with Crippen molar-refractivity contribution >= 4 is 5.69 Å². The van der Waals surface area contributed by atoms with Crippen LogP contribution in [0.5, 0.6) is 6.01 Å². The number of aliphatic hydroxyl groups excluding tert-OH is 1. The topological polar surface area (TPSA) is 90.7 Å². The molecule has 0 unspecified atom stereocenters. The molecule has 0 amide bonds. The molecule has 1 aromatic heterocycles. The zero-order chi connectivity index (χ0) is 25.2. The van der Waals surface area contributed by atoms with E-state index >= 15 is 0 Å². The van der Waals surface area contributed by atoms with Crippen molar-refractivity contribution in [3.8, 4) is 23.1 Å². The molecule has 0 aliphatic heterocycles. The van der Waals surface area contributed by atoms with E-state index in [0.717, 1.165) is 22.5 Å². The molecule has 188 valence electrons. The molecular formula is C28H32N4O4. The van der Waals surface area contributed by atoms with E-state index in [9.17, 15) is 5.11 Å². The molecule has 0 fully saturated rings. The lowest BCUT2D eigenvalue weighted by molar-refractivity contribution is 0.0348. The number of aryl methyl sites for hydroxylation is 1. The quantitative estimate of drug-likeness (QED) is 0.272. The summed E-state index contributed by atoms with van der Waals surface area (Å²) in [4.78, 5) is 4.60. The van der Waals surface area contributed by atoms with Gasteiger partial charge in [-0.25, -0.2) is 4.68 Å². The smallest absolute Gasteiger partial charge is 0.336 e. The third kappa shape index (κ3) is 7.14. The first kappa shape index (κ1) is 25.4. The maximum Gasteiger partial charge on any atom is 0.336 e. The van der Waals surface area contributed by atoms with Crippen molar-refractivity contribution in [1.82, 2.24) is 14.8 Å². The highest BCUT2D eigenvalue weighted by Crippen LogP contribution is 2.25. The molecule has 0 radical (unpaired) electrons. The van der Waals surface area contributed by atoms with Gasteiger partial charge in [-0.05, 0) is 36.8 Å². The van der Waals surface area contributed by atoms with Crippen molar-refractivity contribution in [1.29, 1.82) is 0 Å². The van der Waals surface area contributed by atoms with E-state index in [4.69, 9.17) is 14.2 Å². The van der Waals surface area contributed by atoms with Crippen LogP contribution in [0.15, 0.2) is 78.9 Å². The van der Waals surface area contributed by atoms with Crippen LogP contribution < -0.4 is 10.1 Å². The van der Waals surface area contributed by atoms with Crippen molar-refractivity contribution in [2.75, 3.05) is 38.8 Å². The van der Waals surface area contributed by atoms with E-state index < -0.39 is 6.10 Å². The summed E-state index contributed by atoms with van der Waals surface area (Å²) in [6.07, 6.45) is -0.622. The summed E-state index contributed by atoms with van der Waals surface area (Å²) in [6.45, 7) is 3.98. The zero-order valence-electron chi connectivity index (χ0n) is 20.6. The Balaban J connectivity index is 1.38. The fourth-order valence-electron chi connectivity index (χ4n) is 3.54. The molecule has 36 heavy (non-hydrogen) atoms. The first-order chi connectivity index (χ1) is 17.6. The predicted molar refractivity (Wildman–Crippen MR) is 139 cm³/mol. The molecule has 2 N–H and O–H groups in total. The number of nitrogens with one attached hydrogen (secondary N) is 1. The minimum absolute atomic E-state index is 0.255. The van der Waals surface area contributed by atoms with Crippen molar-refractivity contribution < 1.29 is 19.3 Å². The number of nitrogens with zero attached hydrogens (tertiary/aromatic N) is 3. The van der Waals surface area contributed by atoms with Crippen molar-refractivity contribution in [2.45, 2.75) is 19.6 Å². The summed E-state index contributed by atoms with van der Waals surface area (Å²) in [5, 5.41) is 18.1. The molecule has 0 saturated carbocycles. The van der Waals surface area contributed by atoms with Crippen LogP contribution in [-0.4, -0.2) is 59.5 Å². The lowest BCUT2D eigenvalue weighted by atomic mass is 10.1. The summed E-state index contributed by atoms with van der Waals surface area (Å²) >= 11 is 0. The first-order valence-electron chi connectivity index (χ1n) is 11.9. The number of aromatic nitrogens is 3. The molecule has 4 aromatic rings. The Hall–Kier alpha value is -3.72. The number of aliphatic hydroxyl groups is 1.